The summed E-state index contributed by atoms with van der Waals surface area (Å²) in [6.07, 6.45) is 0. The van der Waals surface area contributed by atoms with Crippen LogP contribution >= 0.6 is 0 Å². The zero-order chi connectivity index (χ0) is 14.3. The molecule has 2 aromatic rings. The van der Waals surface area contributed by atoms with E-state index in [1.54, 1.807) is 6.07 Å². The van der Waals surface area contributed by atoms with Gasteiger partial charge in [-0.25, -0.2) is 0 Å². The van der Waals surface area contributed by atoms with Gasteiger partial charge in [-0.1, -0.05) is 18.2 Å². The van der Waals surface area contributed by atoms with Crippen LogP contribution in [0, 0.1) is 0 Å². The van der Waals surface area contributed by atoms with Crippen molar-refractivity contribution in [1.29, 1.82) is 0 Å². The molecule has 0 atom stereocenters. The van der Waals surface area contributed by atoms with Crippen molar-refractivity contribution in [2.75, 3.05) is 18.0 Å². The predicted molar refractivity (Wildman–Crippen MR) is 79.3 cm³/mol. The van der Waals surface area contributed by atoms with Gasteiger partial charge in [0.2, 0.25) is 0 Å². The maximum atomic E-state index is 12.3. The van der Waals surface area contributed by atoms with Crippen molar-refractivity contribution in [3.63, 3.8) is 0 Å². The van der Waals surface area contributed by atoms with Crippen LogP contribution in [0.2, 0.25) is 0 Å². The van der Waals surface area contributed by atoms with Crippen molar-refractivity contribution < 1.29 is 9.59 Å². The molecule has 0 aliphatic carbocycles. The Morgan fingerprint density at radius 1 is 1.00 bits per heavy atom. The Labute approximate surface area is 117 Å². The number of benzene rings is 2. The molecule has 4 heteroatoms. The van der Waals surface area contributed by atoms with Gasteiger partial charge in [-0.05, 0) is 31.4 Å². The van der Waals surface area contributed by atoms with Crippen molar-refractivity contribution in [1.82, 2.24) is 5.32 Å². The second-order valence-electron chi connectivity index (χ2n) is 4.82. The van der Waals surface area contributed by atoms with Crippen molar-refractivity contribution in [3.8, 4) is 0 Å². The molecular formula is C16H16N2O2. The summed E-state index contributed by atoms with van der Waals surface area (Å²) in [5, 5.41) is 4.13. The average molecular weight is 268 g/mol. The summed E-state index contributed by atoms with van der Waals surface area (Å²) in [7, 11) is 0. The van der Waals surface area contributed by atoms with Gasteiger partial charge < -0.3 is 4.90 Å². The van der Waals surface area contributed by atoms with Crippen molar-refractivity contribution in [3.05, 3.63) is 41.5 Å². The van der Waals surface area contributed by atoms with Crippen LogP contribution in [0.1, 0.15) is 34.6 Å². The molecular weight excluding hydrogens is 252 g/mol. The lowest BCUT2D eigenvalue weighted by Gasteiger charge is -2.27. The van der Waals surface area contributed by atoms with Crippen LogP contribution in [0.4, 0.5) is 5.69 Å². The molecule has 0 radical (unpaired) electrons. The third-order valence-electron chi connectivity index (χ3n) is 3.83. The molecule has 0 aromatic heterocycles. The number of nitrogens with zero attached hydrogens (tertiary/aromatic N) is 1. The Hall–Kier alpha value is -2.36. The average Bonchev–Trinajstić information content (AvgIpc) is 2.46. The molecule has 0 saturated heterocycles. The van der Waals surface area contributed by atoms with E-state index in [0.29, 0.717) is 11.1 Å². The van der Waals surface area contributed by atoms with Crippen LogP contribution in [-0.2, 0) is 0 Å². The zero-order valence-corrected chi connectivity index (χ0v) is 11.6. The summed E-state index contributed by atoms with van der Waals surface area (Å²) in [6.45, 7) is 5.74. The topological polar surface area (TPSA) is 49.4 Å². The number of carbonyl (C=O) groups is 2. The number of nitrogens with one attached hydrogen (secondary N) is 1. The smallest absolute Gasteiger partial charge is 0.260 e. The van der Waals surface area contributed by atoms with E-state index in [1.165, 1.54) is 0 Å². The summed E-state index contributed by atoms with van der Waals surface area (Å²) < 4.78 is 0. The van der Waals surface area contributed by atoms with E-state index in [4.69, 9.17) is 0 Å². The first kappa shape index (κ1) is 12.7. The number of rotatable bonds is 3. The van der Waals surface area contributed by atoms with E-state index < -0.39 is 0 Å². The largest absolute Gasteiger partial charge is 0.371 e. The number of amides is 2. The van der Waals surface area contributed by atoms with Gasteiger partial charge in [-0.2, -0.15) is 0 Å². The third-order valence-corrected chi connectivity index (χ3v) is 3.83. The van der Waals surface area contributed by atoms with E-state index in [9.17, 15) is 9.59 Å². The van der Waals surface area contributed by atoms with Crippen LogP contribution in [0.25, 0.3) is 10.8 Å². The van der Waals surface area contributed by atoms with Gasteiger partial charge in [0, 0.05) is 24.0 Å². The van der Waals surface area contributed by atoms with Gasteiger partial charge in [0.05, 0.1) is 11.3 Å². The Morgan fingerprint density at radius 3 is 2.45 bits per heavy atom. The lowest BCUT2D eigenvalue weighted by Crippen LogP contribution is -2.36. The first-order valence-corrected chi connectivity index (χ1v) is 6.83. The summed E-state index contributed by atoms with van der Waals surface area (Å²) in [4.78, 5) is 26.4. The minimum absolute atomic E-state index is 0.304. The maximum Gasteiger partial charge on any atom is 0.260 e. The quantitative estimate of drug-likeness (QED) is 0.870. The molecule has 102 valence electrons. The molecule has 1 heterocycles. The second-order valence-corrected chi connectivity index (χ2v) is 4.82. The lowest BCUT2D eigenvalue weighted by atomic mass is 9.93. The second kappa shape index (κ2) is 4.63. The highest BCUT2D eigenvalue weighted by Gasteiger charge is 2.28. The Bertz CT molecular complexity index is 718. The highest BCUT2D eigenvalue weighted by molar-refractivity contribution is 6.27. The number of anilines is 1. The Morgan fingerprint density at radius 2 is 1.75 bits per heavy atom. The van der Waals surface area contributed by atoms with Gasteiger partial charge in [-0.15, -0.1) is 0 Å². The number of carbonyl (C=O) groups excluding carboxylic acids is 2. The first-order valence-electron chi connectivity index (χ1n) is 6.83. The first-order chi connectivity index (χ1) is 9.67. The summed E-state index contributed by atoms with van der Waals surface area (Å²) >= 11 is 0. The molecule has 2 amide bonds. The molecule has 0 saturated carbocycles. The SMILES string of the molecule is CCN(CC)c1ccc2cccc3c2c1C(=O)NC3=O. The monoisotopic (exact) mass is 268 g/mol. The Kier molecular flexibility index (Phi) is 2.93. The molecule has 0 fully saturated rings. The summed E-state index contributed by atoms with van der Waals surface area (Å²) in [5.41, 5.74) is 2.08. The summed E-state index contributed by atoms with van der Waals surface area (Å²) in [6, 6.07) is 9.47. The zero-order valence-electron chi connectivity index (χ0n) is 11.6. The Balaban J connectivity index is 2.40. The fourth-order valence-electron chi connectivity index (χ4n) is 2.85. The van der Waals surface area contributed by atoms with E-state index >= 15 is 0 Å². The molecule has 1 aliphatic heterocycles. The summed E-state index contributed by atoms with van der Waals surface area (Å²) in [5.74, 6) is -0.619. The standard InChI is InChI=1S/C16H16N2O2/c1-3-18(4-2)12-9-8-10-6-5-7-11-13(10)14(12)16(20)17-15(11)19/h5-9H,3-4H2,1-2H3,(H,17,19,20). The van der Waals surface area contributed by atoms with Crippen LogP contribution in [0.5, 0.6) is 0 Å². The molecule has 0 spiro atoms. The van der Waals surface area contributed by atoms with Crippen molar-refractivity contribution in [2.45, 2.75) is 13.8 Å². The molecule has 1 N–H and O–H groups in total. The third kappa shape index (κ3) is 1.68. The molecule has 0 bridgehead atoms. The fourth-order valence-corrected chi connectivity index (χ4v) is 2.85. The highest BCUT2D eigenvalue weighted by atomic mass is 16.2. The lowest BCUT2D eigenvalue weighted by molar-refractivity contribution is 0.0845. The minimum atomic E-state index is -0.315. The molecule has 0 unspecified atom stereocenters. The van der Waals surface area contributed by atoms with Gasteiger partial charge in [0.25, 0.3) is 11.8 Å². The maximum absolute atomic E-state index is 12.3. The van der Waals surface area contributed by atoms with Gasteiger partial charge in [0.15, 0.2) is 0 Å². The minimum Gasteiger partial charge on any atom is -0.371 e. The molecule has 1 aliphatic rings. The van der Waals surface area contributed by atoms with Crippen LogP contribution in [0.3, 0.4) is 0 Å². The van der Waals surface area contributed by atoms with Gasteiger partial charge in [0.1, 0.15) is 0 Å². The van der Waals surface area contributed by atoms with E-state index in [-0.39, 0.29) is 11.8 Å². The number of hydrogen-bond acceptors (Lipinski definition) is 3. The number of imide groups is 1. The van der Waals surface area contributed by atoms with Crippen LogP contribution < -0.4 is 10.2 Å². The highest BCUT2D eigenvalue weighted by Crippen LogP contribution is 2.33. The van der Waals surface area contributed by atoms with Gasteiger partial charge in [-0.3, -0.25) is 14.9 Å². The van der Waals surface area contributed by atoms with Crippen molar-refractivity contribution >= 4 is 28.3 Å². The predicted octanol–water partition coefficient (Wildman–Crippen LogP) is 2.57. The number of hydrogen-bond donors (Lipinski definition) is 1. The van der Waals surface area contributed by atoms with Crippen LogP contribution in [0.15, 0.2) is 30.3 Å². The van der Waals surface area contributed by atoms with Crippen molar-refractivity contribution in [2.24, 2.45) is 0 Å². The van der Waals surface area contributed by atoms with Crippen LogP contribution in [-0.4, -0.2) is 24.9 Å². The van der Waals surface area contributed by atoms with E-state index in [2.05, 4.69) is 24.1 Å². The van der Waals surface area contributed by atoms with E-state index in [1.807, 2.05) is 24.3 Å². The molecule has 2 aromatic carbocycles. The molecule has 20 heavy (non-hydrogen) atoms. The molecule has 4 nitrogen and oxygen atoms in total. The fraction of sp³-hybridized carbons (Fsp3) is 0.250. The molecule has 3 rings (SSSR count). The normalized spacial score (nSPS) is 13.5. The van der Waals surface area contributed by atoms with Gasteiger partial charge >= 0.3 is 0 Å². The van der Waals surface area contributed by atoms with E-state index in [0.717, 1.165) is 29.5 Å².